The molecule has 3 aromatic rings. The molecule has 28 heavy (non-hydrogen) atoms. The quantitative estimate of drug-likeness (QED) is 0.543. The number of phenolic OH excluding ortho intramolecular Hbond substituents is 1. The number of carbonyl (C=O) groups excluding carboxylic acids is 1. The highest BCUT2D eigenvalue weighted by Gasteiger charge is 2.35. The summed E-state index contributed by atoms with van der Waals surface area (Å²) in [6, 6.07) is 21.2. The molecular formula is C22H16BrClN2O2. The fourth-order valence-electron chi connectivity index (χ4n) is 3.25. The van der Waals surface area contributed by atoms with E-state index in [2.05, 4.69) is 21.0 Å². The van der Waals surface area contributed by atoms with Crippen molar-refractivity contribution in [1.82, 2.24) is 5.01 Å². The third-order valence-corrected chi connectivity index (χ3v) is 5.46. The minimum atomic E-state index is -0.386. The summed E-state index contributed by atoms with van der Waals surface area (Å²) in [4.78, 5) is 13.2. The number of aromatic hydroxyl groups is 1. The highest BCUT2D eigenvalue weighted by molar-refractivity contribution is 9.10. The Balaban J connectivity index is 1.75. The zero-order valence-electron chi connectivity index (χ0n) is 14.7. The van der Waals surface area contributed by atoms with Crippen LogP contribution in [0.2, 0.25) is 5.02 Å². The summed E-state index contributed by atoms with van der Waals surface area (Å²) in [7, 11) is 0. The number of nitrogens with zero attached hydrogens (tertiary/aromatic N) is 2. The van der Waals surface area contributed by atoms with E-state index in [1.165, 1.54) is 5.01 Å². The number of benzene rings is 3. The smallest absolute Gasteiger partial charge is 0.274 e. The zero-order valence-corrected chi connectivity index (χ0v) is 17.1. The molecule has 1 amide bonds. The predicted molar refractivity (Wildman–Crippen MR) is 114 cm³/mol. The molecular weight excluding hydrogens is 440 g/mol. The lowest BCUT2D eigenvalue weighted by Crippen LogP contribution is -2.27. The molecule has 1 unspecified atom stereocenters. The Bertz CT molecular complexity index is 1050. The molecule has 4 nitrogen and oxygen atoms in total. The molecule has 6 heteroatoms. The molecule has 1 N–H and O–H groups in total. The topological polar surface area (TPSA) is 52.9 Å². The van der Waals surface area contributed by atoms with Crippen molar-refractivity contribution in [2.45, 2.75) is 12.5 Å². The molecule has 1 aliphatic heterocycles. The standard InChI is InChI=1S/C22H16BrClN2O2/c23-16-9-5-14(6-10-16)19-13-20(18-3-1-2-4-21(18)27)26(25-19)22(28)15-7-11-17(24)12-8-15/h1-12,20,27H,13H2. The number of hydrazone groups is 1. The SMILES string of the molecule is O=C(c1ccc(Cl)cc1)N1N=C(c2ccc(Br)cc2)CC1c1ccccc1O. The van der Waals surface area contributed by atoms with Gasteiger partial charge in [0.1, 0.15) is 5.75 Å². The van der Waals surface area contributed by atoms with E-state index in [4.69, 9.17) is 11.6 Å². The lowest BCUT2D eigenvalue weighted by molar-refractivity contribution is 0.0709. The van der Waals surface area contributed by atoms with Gasteiger partial charge in [-0.05, 0) is 48.0 Å². The maximum Gasteiger partial charge on any atom is 0.274 e. The van der Waals surface area contributed by atoms with E-state index in [1.807, 2.05) is 36.4 Å². The van der Waals surface area contributed by atoms with E-state index in [-0.39, 0.29) is 17.7 Å². The number of hydrogen-bond donors (Lipinski definition) is 1. The first-order valence-electron chi connectivity index (χ1n) is 8.73. The lowest BCUT2D eigenvalue weighted by Gasteiger charge is -2.22. The van der Waals surface area contributed by atoms with Crippen LogP contribution in [0.5, 0.6) is 5.75 Å². The average Bonchev–Trinajstić information content (AvgIpc) is 3.14. The Morgan fingerprint density at radius 3 is 2.39 bits per heavy atom. The lowest BCUT2D eigenvalue weighted by atomic mass is 9.97. The first kappa shape index (κ1) is 18.7. The van der Waals surface area contributed by atoms with Crippen LogP contribution < -0.4 is 0 Å². The molecule has 140 valence electrons. The predicted octanol–water partition coefficient (Wildman–Crippen LogP) is 5.80. The van der Waals surface area contributed by atoms with Crippen molar-refractivity contribution < 1.29 is 9.90 Å². The number of carbonyl (C=O) groups is 1. The summed E-state index contributed by atoms with van der Waals surface area (Å²) in [5.74, 6) is -0.0920. The van der Waals surface area contributed by atoms with Crippen LogP contribution in [0.25, 0.3) is 0 Å². The number of para-hydroxylation sites is 1. The molecule has 0 saturated carbocycles. The van der Waals surface area contributed by atoms with E-state index < -0.39 is 0 Å². The first-order valence-corrected chi connectivity index (χ1v) is 9.90. The van der Waals surface area contributed by atoms with E-state index in [0.29, 0.717) is 22.6 Å². The van der Waals surface area contributed by atoms with Crippen molar-refractivity contribution in [2.24, 2.45) is 5.10 Å². The summed E-state index contributed by atoms with van der Waals surface area (Å²) in [5, 5.41) is 17.0. The highest BCUT2D eigenvalue weighted by atomic mass is 79.9. The van der Waals surface area contributed by atoms with Crippen LogP contribution in [-0.4, -0.2) is 21.7 Å². The van der Waals surface area contributed by atoms with Crippen LogP contribution in [0.3, 0.4) is 0 Å². The van der Waals surface area contributed by atoms with Crippen LogP contribution in [0.4, 0.5) is 0 Å². The minimum Gasteiger partial charge on any atom is -0.508 e. The summed E-state index contributed by atoms with van der Waals surface area (Å²) in [5.41, 5.74) is 2.89. The Kier molecular flexibility index (Phi) is 5.20. The van der Waals surface area contributed by atoms with Gasteiger partial charge in [-0.2, -0.15) is 5.10 Å². The van der Waals surface area contributed by atoms with Gasteiger partial charge in [-0.3, -0.25) is 4.79 Å². The number of halogens is 2. The third-order valence-electron chi connectivity index (χ3n) is 4.68. The summed E-state index contributed by atoms with van der Waals surface area (Å²) < 4.78 is 0.973. The Hall–Kier alpha value is -2.63. The summed E-state index contributed by atoms with van der Waals surface area (Å²) >= 11 is 9.38. The molecule has 0 aromatic heterocycles. The van der Waals surface area contributed by atoms with Crippen molar-refractivity contribution in [2.75, 3.05) is 0 Å². The van der Waals surface area contributed by atoms with Crippen molar-refractivity contribution in [3.8, 4) is 5.75 Å². The van der Waals surface area contributed by atoms with Gasteiger partial charge in [-0.15, -0.1) is 0 Å². The van der Waals surface area contributed by atoms with Gasteiger partial charge in [-0.1, -0.05) is 57.9 Å². The van der Waals surface area contributed by atoms with Crippen molar-refractivity contribution in [1.29, 1.82) is 0 Å². The molecule has 0 fully saturated rings. The molecule has 1 heterocycles. The molecule has 1 aliphatic rings. The number of hydrogen-bond acceptors (Lipinski definition) is 3. The van der Waals surface area contributed by atoms with Crippen molar-refractivity contribution in [3.05, 3.63) is 99.0 Å². The zero-order chi connectivity index (χ0) is 19.7. The largest absolute Gasteiger partial charge is 0.508 e. The summed E-state index contributed by atoms with van der Waals surface area (Å²) in [6.45, 7) is 0. The second-order valence-electron chi connectivity index (χ2n) is 6.49. The molecule has 0 bridgehead atoms. The van der Waals surface area contributed by atoms with E-state index in [1.54, 1.807) is 36.4 Å². The minimum absolute atomic E-state index is 0.147. The van der Waals surface area contributed by atoms with Gasteiger partial charge in [-0.25, -0.2) is 5.01 Å². The van der Waals surface area contributed by atoms with Crippen LogP contribution in [0.15, 0.2) is 82.4 Å². The average molecular weight is 456 g/mol. The molecule has 0 saturated heterocycles. The Morgan fingerprint density at radius 2 is 1.71 bits per heavy atom. The molecule has 0 radical (unpaired) electrons. The normalized spacial score (nSPS) is 16.1. The van der Waals surface area contributed by atoms with E-state index in [9.17, 15) is 9.90 Å². The molecule has 1 atom stereocenters. The van der Waals surface area contributed by atoms with E-state index in [0.717, 1.165) is 15.7 Å². The molecule has 0 aliphatic carbocycles. The van der Waals surface area contributed by atoms with E-state index >= 15 is 0 Å². The monoisotopic (exact) mass is 454 g/mol. The second kappa shape index (κ2) is 7.78. The van der Waals surface area contributed by atoms with Gasteiger partial charge in [0.25, 0.3) is 5.91 Å². The number of phenols is 1. The van der Waals surface area contributed by atoms with Crippen molar-refractivity contribution in [3.63, 3.8) is 0 Å². The van der Waals surface area contributed by atoms with Crippen LogP contribution >= 0.6 is 27.5 Å². The highest BCUT2D eigenvalue weighted by Crippen LogP contribution is 2.37. The third kappa shape index (κ3) is 3.68. The fraction of sp³-hybridized carbons (Fsp3) is 0.0909. The Labute approximate surface area is 176 Å². The number of rotatable bonds is 3. The first-order chi connectivity index (χ1) is 13.5. The second-order valence-corrected chi connectivity index (χ2v) is 7.84. The van der Waals surface area contributed by atoms with Crippen LogP contribution in [0.1, 0.15) is 33.9 Å². The molecule has 0 spiro atoms. The van der Waals surface area contributed by atoms with Gasteiger partial charge in [0.2, 0.25) is 0 Å². The maximum absolute atomic E-state index is 13.2. The van der Waals surface area contributed by atoms with Gasteiger partial charge < -0.3 is 5.11 Å². The van der Waals surface area contributed by atoms with Gasteiger partial charge >= 0.3 is 0 Å². The Morgan fingerprint density at radius 1 is 1.04 bits per heavy atom. The van der Waals surface area contributed by atoms with Gasteiger partial charge in [0, 0.05) is 27.0 Å². The molecule has 3 aromatic carbocycles. The fourth-order valence-corrected chi connectivity index (χ4v) is 3.64. The van der Waals surface area contributed by atoms with Crippen LogP contribution in [0, 0.1) is 0 Å². The van der Waals surface area contributed by atoms with Gasteiger partial charge in [0.05, 0.1) is 11.8 Å². The van der Waals surface area contributed by atoms with Gasteiger partial charge in [0.15, 0.2) is 0 Å². The molecule has 4 rings (SSSR count). The maximum atomic E-state index is 13.2. The van der Waals surface area contributed by atoms with Crippen LogP contribution in [-0.2, 0) is 0 Å². The number of amides is 1. The van der Waals surface area contributed by atoms with Crippen molar-refractivity contribution >= 4 is 39.1 Å². The summed E-state index contributed by atoms with van der Waals surface area (Å²) in [6.07, 6.45) is 0.512.